The molecule has 1 aromatic rings. The van der Waals surface area contributed by atoms with Crippen molar-refractivity contribution in [1.29, 1.82) is 0 Å². The third kappa shape index (κ3) is 4.57. The highest BCUT2D eigenvalue weighted by molar-refractivity contribution is 9.09. The summed E-state index contributed by atoms with van der Waals surface area (Å²) in [6, 6.07) is 8.64. The van der Waals surface area contributed by atoms with Gasteiger partial charge in [0.2, 0.25) is 0 Å². The smallest absolute Gasteiger partial charge is 0.338 e. The number of halogens is 2. The molecule has 16 heavy (non-hydrogen) atoms. The van der Waals surface area contributed by atoms with Gasteiger partial charge < -0.3 is 4.74 Å². The molecule has 1 unspecified atom stereocenters. The summed E-state index contributed by atoms with van der Waals surface area (Å²) in [7, 11) is 0. The van der Waals surface area contributed by atoms with Gasteiger partial charge in [-0.25, -0.2) is 9.18 Å². The molecule has 0 bridgehead atoms. The van der Waals surface area contributed by atoms with Crippen LogP contribution in [0.15, 0.2) is 42.5 Å². The fourth-order valence-corrected chi connectivity index (χ4v) is 1.56. The lowest BCUT2D eigenvalue weighted by Gasteiger charge is -2.07. The van der Waals surface area contributed by atoms with Gasteiger partial charge in [0.05, 0.1) is 5.56 Å². The normalized spacial score (nSPS) is 11.9. The van der Waals surface area contributed by atoms with Gasteiger partial charge in [0.25, 0.3) is 0 Å². The zero-order chi connectivity index (χ0) is 12.0. The van der Waals surface area contributed by atoms with Crippen molar-refractivity contribution in [3.63, 3.8) is 0 Å². The standard InChI is InChI=1S/C12H12BrFO2/c1-9(7-11(13)14)8-16-12(15)10-5-3-2-4-6-10/h2-6,11H,1,7-8H2. The van der Waals surface area contributed by atoms with Gasteiger partial charge >= 0.3 is 5.97 Å². The summed E-state index contributed by atoms with van der Waals surface area (Å²) in [4.78, 5) is 11.5. The van der Waals surface area contributed by atoms with Crippen molar-refractivity contribution in [2.45, 2.75) is 11.5 Å². The molecule has 1 rings (SSSR count). The van der Waals surface area contributed by atoms with Crippen LogP contribution in [0.1, 0.15) is 16.8 Å². The molecule has 0 saturated carbocycles. The van der Waals surface area contributed by atoms with E-state index in [4.69, 9.17) is 4.74 Å². The maximum absolute atomic E-state index is 12.5. The maximum Gasteiger partial charge on any atom is 0.338 e. The van der Waals surface area contributed by atoms with Gasteiger partial charge in [-0.1, -0.05) is 40.7 Å². The molecule has 1 atom stereocenters. The molecule has 0 aliphatic rings. The zero-order valence-electron chi connectivity index (χ0n) is 8.66. The Labute approximate surface area is 102 Å². The Balaban J connectivity index is 2.39. The van der Waals surface area contributed by atoms with E-state index in [1.165, 1.54) is 0 Å². The number of hydrogen-bond donors (Lipinski definition) is 0. The fourth-order valence-electron chi connectivity index (χ4n) is 1.10. The third-order valence-corrected chi connectivity index (χ3v) is 2.18. The highest BCUT2D eigenvalue weighted by Gasteiger charge is 2.08. The average Bonchev–Trinajstić information content (AvgIpc) is 2.26. The first-order chi connectivity index (χ1) is 7.59. The first kappa shape index (κ1) is 12.9. The Morgan fingerprint density at radius 3 is 2.62 bits per heavy atom. The largest absolute Gasteiger partial charge is 0.458 e. The maximum atomic E-state index is 12.5. The molecule has 0 radical (unpaired) electrons. The van der Waals surface area contributed by atoms with Crippen LogP contribution in [0, 0.1) is 0 Å². The van der Waals surface area contributed by atoms with Crippen LogP contribution in [-0.4, -0.2) is 17.7 Å². The van der Waals surface area contributed by atoms with Gasteiger partial charge in [0.1, 0.15) is 6.61 Å². The van der Waals surface area contributed by atoms with E-state index in [9.17, 15) is 9.18 Å². The van der Waals surface area contributed by atoms with Gasteiger partial charge in [-0.3, -0.25) is 0 Å². The van der Waals surface area contributed by atoms with E-state index in [1.807, 2.05) is 6.07 Å². The van der Waals surface area contributed by atoms with Gasteiger partial charge in [-0.05, 0) is 17.7 Å². The number of carbonyl (C=O) groups is 1. The lowest BCUT2D eigenvalue weighted by molar-refractivity contribution is 0.0536. The first-order valence-electron chi connectivity index (χ1n) is 4.76. The molecule has 0 heterocycles. The van der Waals surface area contributed by atoms with E-state index in [2.05, 4.69) is 22.5 Å². The van der Waals surface area contributed by atoms with Crippen molar-refractivity contribution >= 4 is 21.9 Å². The minimum atomic E-state index is -1.14. The van der Waals surface area contributed by atoms with Crippen molar-refractivity contribution < 1.29 is 13.9 Å². The van der Waals surface area contributed by atoms with Crippen molar-refractivity contribution in [3.8, 4) is 0 Å². The minimum absolute atomic E-state index is 0.0414. The summed E-state index contributed by atoms with van der Waals surface area (Å²) in [6.45, 7) is 3.65. The molecule has 0 spiro atoms. The van der Waals surface area contributed by atoms with Crippen LogP contribution in [0.25, 0.3) is 0 Å². The Morgan fingerprint density at radius 2 is 2.06 bits per heavy atom. The van der Waals surface area contributed by atoms with Gasteiger partial charge in [-0.15, -0.1) is 0 Å². The molecule has 0 aromatic heterocycles. The molecule has 1 aromatic carbocycles. The van der Waals surface area contributed by atoms with E-state index in [0.29, 0.717) is 11.1 Å². The number of ether oxygens (including phenoxy) is 1. The second kappa shape index (κ2) is 6.43. The van der Waals surface area contributed by atoms with E-state index >= 15 is 0 Å². The zero-order valence-corrected chi connectivity index (χ0v) is 10.2. The average molecular weight is 287 g/mol. The summed E-state index contributed by atoms with van der Waals surface area (Å²) >= 11 is 2.76. The Hall–Kier alpha value is -1.16. The quantitative estimate of drug-likeness (QED) is 0.471. The van der Waals surface area contributed by atoms with Crippen LogP contribution < -0.4 is 0 Å². The van der Waals surface area contributed by atoms with Crippen molar-refractivity contribution in [2.75, 3.05) is 6.61 Å². The lowest BCUT2D eigenvalue weighted by Crippen LogP contribution is -2.08. The van der Waals surface area contributed by atoms with E-state index < -0.39 is 11.1 Å². The van der Waals surface area contributed by atoms with Crippen molar-refractivity contribution in [2.24, 2.45) is 0 Å². The van der Waals surface area contributed by atoms with Crippen LogP contribution >= 0.6 is 15.9 Å². The van der Waals surface area contributed by atoms with Crippen molar-refractivity contribution in [1.82, 2.24) is 0 Å². The molecular weight excluding hydrogens is 275 g/mol. The monoisotopic (exact) mass is 286 g/mol. The Morgan fingerprint density at radius 1 is 1.44 bits per heavy atom. The van der Waals surface area contributed by atoms with Gasteiger partial charge in [0.15, 0.2) is 5.08 Å². The summed E-state index contributed by atoms with van der Waals surface area (Å²) < 4.78 is 17.5. The number of hydrogen-bond acceptors (Lipinski definition) is 2. The number of alkyl halides is 2. The number of esters is 1. The number of rotatable bonds is 5. The van der Waals surface area contributed by atoms with E-state index in [1.54, 1.807) is 24.3 Å². The molecule has 0 amide bonds. The third-order valence-electron chi connectivity index (χ3n) is 1.86. The molecule has 0 aliphatic heterocycles. The van der Waals surface area contributed by atoms with Crippen LogP contribution in [0.2, 0.25) is 0 Å². The minimum Gasteiger partial charge on any atom is -0.458 e. The number of carbonyl (C=O) groups excluding carboxylic acids is 1. The van der Waals surface area contributed by atoms with Crippen LogP contribution in [0.4, 0.5) is 4.39 Å². The van der Waals surface area contributed by atoms with Crippen LogP contribution in [0.3, 0.4) is 0 Å². The predicted molar refractivity (Wildman–Crippen MR) is 64.3 cm³/mol. The topological polar surface area (TPSA) is 26.3 Å². The van der Waals surface area contributed by atoms with Crippen molar-refractivity contribution in [3.05, 3.63) is 48.0 Å². The summed E-state index contributed by atoms with van der Waals surface area (Å²) in [5.41, 5.74) is 1.01. The molecule has 86 valence electrons. The summed E-state index contributed by atoms with van der Waals surface area (Å²) in [5.74, 6) is -0.424. The molecule has 0 aliphatic carbocycles. The summed E-state index contributed by atoms with van der Waals surface area (Å²) in [6.07, 6.45) is 0.141. The van der Waals surface area contributed by atoms with Gasteiger partial charge in [0, 0.05) is 6.42 Å². The molecule has 4 heteroatoms. The summed E-state index contributed by atoms with van der Waals surface area (Å²) in [5, 5.41) is -1.14. The van der Waals surface area contributed by atoms with Crippen LogP contribution in [-0.2, 0) is 4.74 Å². The highest BCUT2D eigenvalue weighted by Crippen LogP contribution is 2.13. The van der Waals surface area contributed by atoms with E-state index in [-0.39, 0.29) is 13.0 Å². The van der Waals surface area contributed by atoms with Crippen LogP contribution in [0.5, 0.6) is 0 Å². The van der Waals surface area contributed by atoms with Gasteiger partial charge in [-0.2, -0.15) is 0 Å². The molecule has 0 fully saturated rings. The number of benzene rings is 1. The predicted octanol–water partition coefficient (Wildman–Crippen LogP) is 3.48. The molecule has 2 nitrogen and oxygen atoms in total. The fraction of sp³-hybridized carbons (Fsp3) is 0.250. The first-order valence-corrected chi connectivity index (χ1v) is 5.68. The second-order valence-electron chi connectivity index (χ2n) is 3.29. The Bertz CT molecular complexity index is 363. The molecule has 0 saturated heterocycles. The molecule has 0 N–H and O–H groups in total. The highest BCUT2D eigenvalue weighted by atomic mass is 79.9. The second-order valence-corrected chi connectivity index (χ2v) is 4.28. The Kier molecular flexibility index (Phi) is 5.19. The SMILES string of the molecule is C=C(COC(=O)c1ccccc1)CC(F)Br. The van der Waals surface area contributed by atoms with E-state index in [0.717, 1.165) is 0 Å². The molecular formula is C12H12BrFO2. The lowest BCUT2D eigenvalue weighted by atomic mass is 10.2.